The topological polar surface area (TPSA) is 139 Å². The average molecular weight is 858 g/mol. The fourth-order valence-corrected chi connectivity index (χ4v) is 7.77. The van der Waals surface area contributed by atoms with Crippen molar-refractivity contribution in [3.05, 3.63) is 127 Å². The summed E-state index contributed by atoms with van der Waals surface area (Å²) in [6.45, 7) is 0. The van der Waals surface area contributed by atoms with E-state index in [0.717, 1.165) is 75.7 Å². The lowest BCUT2D eigenvalue weighted by Gasteiger charge is -2.13. The van der Waals surface area contributed by atoms with Crippen LogP contribution in [-0.2, 0) is 6.42 Å². The number of nitrogens with two attached hydrogens (primary N) is 1. The molecule has 298 valence electrons. The molecule has 4 aromatic carbocycles. The molecule has 8 aromatic rings. The van der Waals surface area contributed by atoms with E-state index in [1.54, 1.807) is 75.8 Å². The maximum atomic E-state index is 5.75. The third kappa shape index (κ3) is 11.4. The molecule has 0 saturated heterocycles. The van der Waals surface area contributed by atoms with Crippen LogP contribution in [0.25, 0.3) is 41.6 Å². The number of fused-ring (bicyclic) bond motifs is 2. The number of pyridine rings is 2. The number of nitrogens with zero attached hydrogens (tertiary/aromatic N) is 5. The van der Waals surface area contributed by atoms with E-state index in [1.165, 1.54) is 5.37 Å². The van der Waals surface area contributed by atoms with Gasteiger partial charge in [-0.3, -0.25) is 15.0 Å². The molecule has 3 N–H and O–H groups in total. The molecule has 0 atom stereocenters. The van der Waals surface area contributed by atoms with Crippen molar-refractivity contribution in [2.75, 3.05) is 39.5 Å². The Labute approximate surface area is 360 Å². The minimum Gasteiger partial charge on any atom is -0.497 e. The highest BCUT2D eigenvalue weighted by atomic mass is 32.1. The fourth-order valence-electron chi connectivity index (χ4n) is 5.58. The predicted octanol–water partition coefficient (Wildman–Crippen LogP) is 10.7. The van der Waals surface area contributed by atoms with Crippen molar-refractivity contribution < 1.29 is 18.9 Å². The summed E-state index contributed by atoms with van der Waals surface area (Å²) in [4.78, 5) is 22.3. The highest BCUT2D eigenvalue weighted by Gasteiger charge is 2.11. The highest BCUT2D eigenvalue weighted by molar-refractivity contribution is 7.80. The number of methoxy groups -OCH3 is 4. The van der Waals surface area contributed by atoms with Gasteiger partial charge in [-0.05, 0) is 60.2 Å². The zero-order valence-corrected chi connectivity index (χ0v) is 35.8. The van der Waals surface area contributed by atoms with Crippen LogP contribution in [0.15, 0.2) is 127 Å². The number of hydrogen-bond donors (Lipinski definition) is 2. The minimum atomic E-state index is 0.616. The van der Waals surface area contributed by atoms with Crippen LogP contribution in [-0.4, -0.2) is 64.9 Å². The SMILES string of the molecule is COc1ccc(N=CC=S)c(OC)c1.COc1ccc(NC(=S)Cc2cccc(-c3nc4ccncc4s3)c2)c(OC)c1.Nc1cccc(-c2nc3ccncc3s2)c1. The van der Waals surface area contributed by atoms with E-state index in [0.29, 0.717) is 22.9 Å². The van der Waals surface area contributed by atoms with E-state index in [-0.39, 0.29) is 0 Å². The molecule has 0 aliphatic rings. The Hall–Kier alpha value is -6.39. The van der Waals surface area contributed by atoms with Gasteiger partial charge in [0, 0.05) is 71.7 Å². The van der Waals surface area contributed by atoms with Crippen molar-refractivity contribution in [2.24, 2.45) is 4.99 Å². The molecule has 0 radical (unpaired) electrons. The summed E-state index contributed by atoms with van der Waals surface area (Å²) >= 11 is 13.5. The molecular weight excluding hydrogens is 819 g/mol. The molecule has 8 rings (SSSR count). The summed E-state index contributed by atoms with van der Waals surface area (Å²) < 4.78 is 23.0. The average Bonchev–Trinajstić information content (AvgIpc) is 3.92. The Morgan fingerprint density at radius 1 is 0.712 bits per heavy atom. The number of aromatic nitrogens is 4. The number of thiazole rings is 2. The van der Waals surface area contributed by atoms with Crippen molar-refractivity contribution in [3.8, 4) is 44.1 Å². The van der Waals surface area contributed by atoms with E-state index < -0.39 is 0 Å². The molecule has 0 aliphatic carbocycles. The molecule has 0 fully saturated rings. The maximum absolute atomic E-state index is 5.75. The summed E-state index contributed by atoms with van der Waals surface area (Å²) in [5, 5.41) is 6.68. The normalized spacial score (nSPS) is 10.6. The van der Waals surface area contributed by atoms with Gasteiger partial charge in [0.05, 0.1) is 59.5 Å². The first-order chi connectivity index (χ1) is 28.8. The Morgan fingerprint density at radius 2 is 1.31 bits per heavy atom. The number of rotatable bonds is 11. The number of ether oxygens (including phenoxy) is 4. The zero-order chi connectivity index (χ0) is 41.6. The van der Waals surface area contributed by atoms with Gasteiger partial charge >= 0.3 is 0 Å². The number of aliphatic imine (C=N–C) groups is 1. The Balaban J connectivity index is 0.000000164. The van der Waals surface area contributed by atoms with E-state index in [9.17, 15) is 0 Å². The number of nitrogens with one attached hydrogen (secondary N) is 1. The summed E-state index contributed by atoms with van der Waals surface area (Å²) in [6.07, 6.45) is 9.36. The second-order valence-corrected chi connectivity index (χ2v) is 15.1. The second kappa shape index (κ2) is 20.9. The molecule has 0 unspecified atom stereocenters. The van der Waals surface area contributed by atoms with Crippen molar-refractivity contribution in [3.63, 3.8) is 0 Å². The number of hydrogen-bond acceptors (Lipinski definition) is 14. The summed E-state index contributed by atoms with van der Waals surface area (Å²) in [7, 11) is 6.45. The van der Waals surface area contributed by atoms with Crippen LogP contribution in [0.1, 0.15) is 5.56 Å². The standard InChI is InChI=1S/C22H19N3O2S2.C12H9N3S.C10H11NO2S/c1-26-16-6-7-17(19(12-16)27-2)24-21(28)11-14-4-3-5-15(10-14)22-25-18-8-9-23-13-20(18)29-22;13-9-3-1-2-8(6-9)12-15-10-4-5-14-7-11(10)16-12;1-12-8-3-4-9(11-5-6-14)10(7-8)13-2/h3-10,12-13H,11H2,1-2H3,(H,24,28);1-7H,13H2;3-7H,1-2H3. The van der Waals surface area contributed by atoms with Gasteiger partial charge in [0.1, 0.15) is 38.7 Å². The lowest BCUT2D eigenvalue weighted by molar-refractivity contribution is 0.395. The molecule has 11 nitrogen and oxygen atoms in total. The highest BCUT2D eigenvalue weighted by Crippen LogP contribution is 2.33. The summed E-state index contributed by atoms with van der Waals surface area (Å²) in [6, 6.07) is 30.9. The molecule has 4 heterocycles. The third-order valence-electron chi connectivity index (χ3n) is 8.40. The van der Waals surface area contributed by atoms with Crippen LogP contribution in [0.3, 0.4) is 0 Å². The lowest BCUT2D eigenvalue weighted by Crippen LogP contribution is -2.13. The first-order valence-electron chi connectivity index (χ1n) is 17.9. The fraction of sp³-hybridized carbons (Fsp3) is 0.114. The Kier molecular flexibility index (Phi) is 14.9. The van der Waals surface area contributed by atoms with Crippen LogP contribution in [0, 0.1) is 0 Å². The van der Waals surface area contributed by atoms with E-state index in [4.69, 9.17) is 41.9 Å². The van der Waals surface area contributed by atoms with Crippen LogP contribution < -0.4 is 30.0 Å². The second-order valence-electron chi connectivity index (χ2n) is 12.3. The Bertz CT molecular complexity index is 2650. The smallest absolute Gasteiger partial charge is 0.148 e. The van der Waals surface area contributed by atoms with Gasteiger partial charge in [-0.15, -0.1) is 22.7 Å². The van der Waals surface area contributed by atoms with Gasteiger partial charge < -0.3 is 30.0 Å². The van der Waals surface area contributed by atoms with Crippen LogP contribution in [0.5, 0.6) is 23.0 Å². The van der Waals surface area contributed by atoms with E-state index >= 15 is 0 Å². The number of benzene rings is 4. The zero-order valence-electron chi connectivity index (χ0n) is 32.5. The molecule has 0 saturated carbocycles. The largest absolute Gasteiger partial charge is 0.497 e. The van der Waals surface area contributed by atoms with Crippen LogP contribution in [0.4, 0.5) is 17.1 Å². The number of nitrogen functional groups attached to an aromatic ring is 1. The van der Waals surface area contributed by atoms with Gasteiger partial charge in [-0.25, -0.2) is 9.97 Å². The van der Waals surface area contributed by atoms with Crippen molar-refractivity contribution in [1.29, 1.82) is 0 Å². The van der Waals surface area contributed by atoms with E-state index in [1.807, 2.05) is 85.2 Å². The maximum Gasteiger partial charge on any atom is 0.148 e. The van der Waals surface area contributed by atoms with Gasteiger partial charge in [0.25, 0.3) is 0 Å². The van der Waals surface area contributed by atoms with Gasteiger partial charge in [-0.1, -0.05) is 54.8 Å². The van der Waals surface area contributed by atoms with Gasteiger partial charge in [-0.2, -0.15) is 0 Å². The summed E-state index contributed by atoms with van der Waals surface area (Å²) in [5.74, 6) is 2.82. The minimum absolute atomic E-state index is 0.616. The van der Waals surface area contributed by atoms with Gasteiger partial charge in [0.15, 0.2) is 0 Å². The summed E-state index contributed by atoms with van der Waals surface area (Å²) in [5.41, 5.74) is 13.3. The van der Waals surface area contributed by atoms with Gasteiger partial charge in [0.2, 0.25) is 0 Å². The molecule has 0 bridgehead atoms. The Morgan fingerprint density at radius 3 is 1.88 bits per heavy atom. The van der Waals surface area contributed by atoms with Crippen molar-refractivity contribution >= 4 is 101 Å². The lowest BCUT2D eigenvalue weighted by atomic mass is 10.1. The molecular formula is C44H39N7O4S4. The third-order valence-corrected chi connectivity index (χ3v) is 10.9. The van der Waals surface area contributed by atoms with Crippen LogP contribution >= 0.6 is 47.1 Å². The molecule has 59 heavy (non-hydrogen) atoms. The quantitative estimate of drug-likeness (QED) is 0.0727. The molecule has 0 amide bonds. The van der Waals surface area contributed by atoms with E-state index in [2.05, 4.69) is 55.7 Å². The molecule has 15 heteroatoms. The number of thiocarbonyl (C=S) groups is 2. The number of anilines is 2. The van der Waals surface area contributed by atoms with Crippen molar-refractivity contribution in [1.82, 2.24) is 19.9 Å². The monoisotopic (exact) mass is 857 g/mol. The molecule has 0 spiro atoms. The van der Waals surface area contributed by atoms with Crippen LogP contribution in [0.2, 0.25) is 0 Å². The van der Waals surface area contributed by atoms with Crippen molar-refractivity contribution in [2.45, 2.75) is 6.42 Å². The predicted molar refractivity (Wildman–Crippen MR) is 251 cm³/mol. The first kappa shape index (κ1) is 42.2. The first-order valence-corrected chi connectivity index (χ1v) is 20.4. The molecule has 4 aromatic heterocycles. The molecule has 0 aliphatic heterocycles.